The summed E-state index contributed by atoms with van der Waals surface area (Å²) in [6.07, 6.45) is 6.53. The fourth-order valence-electron chi connectivity index (χ4n) is 2.06. The van der Waals surface area contributed by atoms with Gasteiger partial charge in [-0.25, -0.2) is 4.79 Å². The highest BCUT2D eigenvalue weighted by Gasteiger charge is 2.18. The predicted octanol–water partition coefficient (Wildman–Crippen LogP) is 1.36. The summed E-state index contributed by atoms with van der Waals surface area (Å²) < 4.78 is 0. The molecule has 0 spiro atoms. The Morgan fingerprint density at radius 1 is 1.47 bits per heavy atom. The van der Waals surface area contributed by atoms with Crippen LogP contribution in [0.4, 0.5) is 4.79 Å². The van der Waals surface area contributed by atoms with Gasteiger partial charge >= 0.3 is 6.03 Å². The minimum Gasteiger partial charge on any atom is -0.335 e. The number of urea groups is 1. The summed E-state index contributed by atoms with van der Waals surface area (Å²) >= 11 is 0. The fraction of sp³-hybridized carbons (Fsp3) is 0.909. The number of nitrogens with one attached hydrogen (secondary N) is 2. The average Bonchev–Trinajstić information content (AvgIpc) is 2.69. The molecule has 1 fully saturated rings. The number of amides is 2. The van der Waals surface area contributed by atoms with Crippen LogP contribution in [0.1, 0.15) is 45.4 Å². The lowest BCUT2D eigenvalue weighted by Crippen LogP contribution is -2.45. The van der Waals surface area contributed by atoms with E-state index >= 15 is 0 Å². The second-order valence-corrected chi connectivity index (χ2v) is 4.28. The molecule has 2 amide bonds. The first kappa shape index (κ1) is 12.3. The fourth-order valence-corrected chi connectivity index (χ4v) is 2.06. The Bertz CT molecular complexity index is 190. The second kappa shape index (κ2) is 6.67. The molecule has 1 aliphatic carbocycles. The molecule has 0 saturated heterocycles. The van der Waals surface area contributed by atoms with Gasteiger partial charge in [0.25, 0.3) is 0 Å². The number of nitrogens with two attached hydrogens (primary N) is 1. The lowest BCUT2D eigenvalue weighted by molar-refractivity contribution is 0.232. The van der Waals surface area contributed by atoms with Gasteiger partial charge in [0.1, 0.15) is 0 Å². The molecule has 1 atom stereocenters. The lowest BCUT2D eigenvalue weighted by atomic mass is 10.1. The van der Waals surface area contributed by atoms with Crippen molar-refractivity contribution >= 4 is 6.03 Å². The van der Waals surface area contributed by atoms with Crippen molar-refractivity contribution in [3.8, 4) is 0 Å². The van der Waals surface area contributed by atoms with Crippen molar-refractivity contribution in [2.75, 3.05) is 6.54 Å². The molecule has 0 aliphatic heterocycles. The van der Waals surface area contributed by atoms with Crippen LogP contribution in [-0.2, 0) is 0 Å². The van der Waals surface area contributed by atoms with Gasteiger partial charge in [-0.1, -0.05) is 19.8 Å². The highest BCUT2D eigenvalue weighted by Crippen LogP contribution is 2.17. The summed E-state index contributed by atoms with van der Waals surface area (Å²) in [7, 11) is 0. The maximum absolute atomic E-state index is 11.6. The van der Waals surface area contributed by atoms with Crippen LogP contribution in [-0.4, -0.2) is 24.7 Å². The van der Waals surface area contributed by atoms with Crippen molar-refractivity contribution in [2.45, 2.75) is 57.5 Å². The van der Waals surface area contributed by atoms with Crippen molar-refractivity contribution in [2.24, 2.45) is 5.73 Å². The largest absolute Gasteiger partial charge is 0.335 e. The molecule has 0 heterocycles. The molecule has 0 bridgehead atoms. The summed E-state index contributed by atoms with van der Waals surface area (Å²) in [5.41, 5.74) is 5.47. The van der Waals surface area contributed by atoms with Crippen molar-refractivity contribution in [1.29, 1.82) is 0 Å². The molecule has 15 heavy (non-hydrogen) atoms. The summed E-state index contributed by atoms with van der Waals surface area (Å²) in [5.74, 6) is 0. The van der Waals surface area contributed by atoms with Gasteiger partial charge in [0, 0.05) is 12.1 Å². The van der Waals surface area contributed by atoms with Gasteiger partial charge in [0.15, 0.2) is 0 Å². The molecule has 1 saturated carbocycles. The number of hydrogen-bond donors (Lipinski definition) is 3. The van der Waals surface area contributed by atoms with E-state index in [9.17, 15) is 4.79 Å². The van der Waals surface area contributed by atoms with Crippen LogP contribution < -0.4 is 16.4 Å². The Morgan fingerprint density at radius 3 is 2.67 bits per heavy atom. The zero-order chi connectivity index (χ0) is 11.1. The van der Waals surface area contributed by atoms with Crippen molar-refractivity contribution < 1.29 is 4.79 Å². The Balaban J connectivity index is 2.20. The van der Waals surface area contributed by atoms with Gasteiger partial charge in [-0.05, 0) is 32.2 Å². The highest BCUT2D eigenvalue weighted by atomic mass is 16.2. The maximum Gasteiger partial charge on any atom is 0.315 e. The minimum absolute atomic E-state index is 0.0257. The summed E-state index contributed by atoms with van der Waals surface area (Å²) in [6, 6.07) is 0.582. The van der Waals surface area contributed by atoms with Crippen LogP contribution in [0.15, 0.2) is 0 Å². The van der Waals surface area contributed by atoms with Crippen LogP contribution >= 0.6 is 0 Å². The third-order valence-corrected chi connectivity index (χ3v) is 3.03. The molecule has 0 aromatic rings. The van der Waals surface area contributed by atoms with E-state index in [0.717, 1.165) is 25.7 Å². The van der Waals surface area contributed by atoms with E-state index in [4.69, 9.17) is 5.73 Å². The van der Waals surface area contributed by atoms with Crippen LogP contribution in [0.5, 0.6) is 0 Å². The standard InChI is InChI=1S/C11H23N3O/c1-2-9(7-8-12)13-11(15)14-10-5-3-4-6-10/h9-10H,2-8,12H2,1H3,(H2,13,14,15). The van der Waals surface area contributed by atoms with Crippen molar-refractivity contribution in [1.82, 2.24) is 10.6 Å². The zero-order valence-electron chi connectivity index (χ0n) is 9.59. The quantitative estimate of drug-likeness (QED) is 0.645. The van der Waals surface area contributed by atoms with Crippen LogP contribution in [0.2, 0.25) is 0 Å². The Hall–Kier alpha value is -0.770. The first-order chi connectivity index (χ1) is 7.26. The van der Waals surface area contributed by atoms with Gasteiger partial charge in [0.05, 0.1) is 0 Å². The van der Waals surface area contributed by atoms with Crippen molar-refractivity contribution in [3.05, 3.63) is 0 Å². The van der Waals surface area contributed by atoms with Gasteiger partial charge in [-0.2, -0.15) is 0 Å². The molecule has 1 aliphatic rings. The van der Waals surface area contributed by atoms with E-state index in [1.807, 2.05) is 0 Å². The van der Waals surface area contributed by atoms with E-state index < -0.39 is 0 Å². The second-order valence-electron chi connectivity index (χ2n) is 4.28. The molecule has 1 rings (SSSR count). The first-order valence-corrected chi connectivity index (χ1v) is 6.03. The predicted molar refractivity (Wildman–Crippen MR) is 61.7 cm³/mol. The smallest absolute Gasteiger partial charge is 0.315 e. The van der Waals surface area contributed by atoms with Crippen LogP contribution in [0, 0.1) is 0 Å². The number of rotatable bonds is 5. The van der Waals surface area contributed by atoms with E-state index in [1.165, 1.54) is 12.8 Å². The number of hydrogen-bond acceptors (Lipinski definition) is 2. The molecule has 0 aromatic heterocycles. The number of carbonyl (C=O) groups is 1. The van der Waals surface area contributed by atoms with Gasteiger partial charge in [-0.3, -0.25) is 0 Å². The highest BCUT2D eigenvalue weighted by molar-refractivity contribution is 5.74. The van der Waals surface area contributed by atoms with E-state index in [2.05, 4.69) is 17.6 Å². The normalized spacial score (nSPS) is 18.8. The molecule has 4 nitrogen and oxygen atoms in total. The topological polar surface area (TPSA) is 67.1 Å². The van der Waals surface area contributed by atoms with E-state index in [0.29, 0.717) is 12.6 Å². The Labute approximate surface area is 92.0 Å². The molecule has 1 unspecified atom stereocenters. The van der Waals surface area contributed by atoms with Crippen LogP contribution in [0.3, 0.4) is 0 Å². The van der Waals surface area contributed by atoms with Crippen LogP contribution in [0.25, 0.3) is 0 Å². The third-order valence-electron chi connectivity index (χ3n) is 3.03. The van der Waals surface area contributed by atoms with E-state index in [-0.39, 0.29) is 12.1 Å². The lowest BCUT2D eigenvalue weighted by Gasteiger charge is -2.18. The Morgan fingerprint density at radius 2 is 2.13 bits per heavy atom. The molecule has 4 heteroatoms. The SMILES string of the molecule is CCC(CCN)NC(=O)NC1CCCC1. The Kier molecular flexibility index (Phi) is 5.47. The monoisotopic (exact) mass is 213 g/mol. The molecular weight excluding hydrogens is 190 g/mol. The molecule has 0 radical (unpaired) electrons. The van der Waals surface area contributed by atoms with Gasteiger partial charge < -0.3 is 16.4 Å². The third kappa shape index (κ3) is 4.51. The van der Waals surface area contributed by atoms with Gasteiger partial charge in [-0.15, -0.1) is 0 Å². The van der Waals surface area contributed by atoms with E-state index in [1.54, 1.807) is 0 Å². The van der Waals surface area contributed by atoms with Gasteiger partial charge in [0.2, 0.25) is 0 Å². The summed E-state index contributed by atoms with van der Waals surface area (Å²) in [5, 5.41) is 5.98. The summed E-state index contributed by atoms with van der Waals surface area (Å²) in [4.78, 5) is 11.6. The van der Waals surface area contributed by atoms with Crippen molar-refractivity contribution in [3.63, 3.8) is 0 Å². The molecule has 4 N–H and O–H groups in total. The maximum atomic E-state index is 11.6. The molecule has 0 aromatic carbocycles. The average molecular weight is 213 g/mol. The summed E-state index contributed by atoms with van der Waals surface area (Å²) in [6.45, 7) is 2.69. The number of carbonyl (C=O) groups excluding carboxylic acids is 1. The molecular formula is C11H23N3O. The minimum atomic E-state index is -0.0257. The zero-order valence-corrected chi connectivity index (χ0v) is 9.59. The first-order valence-electron chi connectivity index (χ1n) is 6.03. The molecule has 88 valence electrons.